The largest absolute Gasteiger partial charge is 0.481 e. The molecule has 0 amide bonds. The van der Waals surface area contributed by atoms with Gasteiger partial charge in [-0.1, -0.05) is 13.8 Å². The zero-order chi connectivity index (χ0) is 13.4. The number of aryl methyl sites for hydroxylation is 1. The number of aromatic nitrogens is 2. The van der Waals surface area contributed by atoms with Crippen LogP contribution in [0.15, 0.2) is 0 Å². The zero-order valence-electron chi connectivity index (χ0n) is 11.0. The van der Waals surface area contributed by atoms with Crippen molar-refractivity contribution in [2.24, 2.45) is 5.92 Å². The third-order valence-electron chi connectivity index (χ3n) is 2.71. The second kappa shape index (κ2) is 8.02. The Morgan fingerprint density at radius 3 is 2.94 bits per heavy atom. The molecule has 2 N–H and O–H groups in total. The molecule has 1 heterocycles. The first-order valence-electron chi connectivity index (χ1n) is 6.40. The predicted octanol–water partition coefficient (Wildman–Crippen LogP) is 2.79. The number of nitrogens with zero attached hydrogens (tertiary/aromatic N) is 2. The van der Waals surface area contributed by atoms with Crippen LogP contribution in [0.5, 0.6) is 0 Å². The molecule has 18 heavy (non-hydrogen) atoms. The second-order valence-corrected chi connectivity index (χ2v) is 5.27. The average Bonchev–Trinajstić information content (AvgIpc) is 2.75. The van der Waals surface area contributed by atoms with Gasteiger partial charge in [-0.3, -0.25) is 4.79 Å². The first-order chi connectivity index (χ1) is 8.61. The van der Waals surface area contributed by atoms with E-state index in [-0.39, 0.29) is 6.42 Å². The highest BCUT2D eigenvalue weighted by molar-refractivity contribution is 7.09. The van der Waals surface area contributed by atoms with E-state index >= 15 is 0 Å². The van der Waals surface area contributed by atoms with Crippen LogP contribution in [0.25, 0.3) is 0 Å². The summed E-state index contributed by atoms with van der Waals surface area (Å²) in [5.74, 6) is 0.601. The van der Waals surface area contributed by atoms with Gasteiger partial charge in [0.15, 0.2) is 0 Å². The highest BCUT2D eigenvalue weighted by Gasteiger charge is 2.06. The molecule has 0 saturated carbocycles. The van der Waals surface area contributed by atoms with Gasteiger partial charge in [0.2, 0.25) is 5.13 Å². The van der Waals surface area contributed by atoms with Crippen LogP contribution in [0.3, 0.4) is 0 Å². The third kappa shape index (κ3) is 5.95. The number of nitrogens with one attached hydrogen (secondary N) is 1. The zero-order valence-corrected chi connectivity index (χ0v) is 11.8. The number of carboxylic acids is 1. The van der Waals surface area contributed by atoms with Gasteiger partial charge in [0.25, 0.3) is 0 Å². The van der Waals surface area contributed by atoms with E-state index in [4.69, 9.17) is 5.11 Å². The summed E-state index contributed by atoms with van der Waals surface area (Å²) in [6, 6.07) is 0. The molecule has 1 aromatic heterocycles. The van der Waals surface area contributed by atoms with Gasteiger partial charge in [-0.15, -0.1) is 0 Å². The minimum Gasteiger partial charge on any atom is -0.481 e. The maximum absolute atomic E-state index is 10.4. The molecule has 102 valence electrons. The molecule has 5 nitrogen and oxygen atoms in total. The van der Waals surface area contributed by atoms with Crippen molar-refractivity contribution in [2.75, 3.05) is 11.9 Å². The summed E-state index contributed by atoms with van der Waals surface area (Å²) >= 11 is 1.39. The van der Waals surface area contributed by atoms with Gasteiger partial charge in [-0.05, 0) is 25.2 Å². The van der Waals surface area contributed by atoms with Gasteiger partial charge in [0.05, 0.1) is 0 Å². The van der Waals surface area contributed by atoms with Crippen molar-refractivity contribution in [1.82, 2.24) is 9.36 Å². The van der Waals surface area contributed by atoms with E-state index in [0.29, 0.717) is 5.92 Å². The van der Waals surface area contributed by atoms with Gasteiger partial charge in [-0.25, -0.2) is 4.98 Å². The molecule has 1 aromatic rings. The number of carbonyl (C=O) groups is 1. The molecule has 0 aromatic carbocycles. The quantitative estimate of drug-likeness (QED) is 0.722. The molecular weight excluding hydrogens is 250 g/mol. The molecule has 0 radical (unpaired) electrons. The van der Waals surface area contributed by atoms with E-state index in [2.05, 4.69) is 28.5 Å². The average molecular weight is 271 g/mol. The Balaban J connectivity index is 2.18. The van der Waals surface area contributed by atoms with Crippen LogP contribution in [0, 0.1) is 5.92 Å². The highest BCUT2D eigenvalue weighted by atomic mass is 32.1. The van der Waals surface area contributed by atoms with Crippen molar-refractivity contribution in [3.05, 3.63) is 5.82 Å². The van der Waals surface area contributed by atoms with Crippen molar-refractivity contribution in [1.29, 1.82) is 0 Å². The van der Waals surface area contributed by atoms with E-state index in [1.54, 1.807) is 0 Å². The Morgan fingerprint density at radius 1 is 1.50 bits per heavy atom. The van der Waals surface area contributed by atoms with Gasteiger partial charge in [-0.2, -0.15) is 4.37 Å². The Labute approximate surface area is 112 Å². The smallest absolute Gasteiger partial charge is 0.303 e. The van der Waals surface area contributed by atoms with Crippen LogP contribution in [0.2, 0.25) is 0 Å². The van der Waals surface area contributed by atoms with Crippen molar-refractivity contribution in [3.63, 3.8) is 0 Å². The summed E-state index contributed by atoms with van der Waals surface area (Å²) in [5.41, 5.74) is 0. The van der Waals surface area contributed by atoms with Crippen molar-refractivity contribution in [2.45, 2.75) is 46.0 Å². The minimum absolute atomic E-state index is 0.251. The van der Waals surface area contributed by atoms with Crippen LogP contribution in [-0.4, -0.2) is 27.0 Å². The Hall–Kier alpha value is -1.17. The minimum atomic E-state index is -0.719. The van der Waals surface area contributed by atoms with Crippen molar-refractivity contribution < 1.29 is 9.90 Å². The van der Waals surface area contributed by atoms with Gasteiger partial charge < -0.3 is 10.4 Å². The molecule has 0 aliphatic carbocycles. The second-order valence-electron chi connectivity index (χ2n) is 4.52. The summed E-state index contributed by atoms with van der Waals surface area (Å²) in [6.07, 6.45) is 3.92. The number of hydrogen-bond donors (Lipinski definition) is 2. The van der Waals surface area contributed by atoms with E-state index < -0.39 is 5.97 Å². The Morgan fingerprint density at radius 2 is 2.28 bits per heavy atom. The molecule has 0 bridgehead atoms. The maximum Gasteiger partial charge on any atom is 0.303 e. The standard InChI is InChI=1S/C12H21N3O2S/c1-3-4-10-14-12(18-15-10)13-8-7-9(2)5-6-11(16)17/h9H,3-8H2,1-2H3,(H,16,17)(H,13,14,15). The van der Waals surface area contributed by atoms with Crippen LogP contribution < -0.4 is 5.32 Å². The third-order valence-corrected chi connectivity index (χ3v) is 3.42. The van der Waals surface area contributed by atoms with E-state index in [9.17, 15) is 4.79 Å². The summed E-state index contributed by atoms with van der Waals surface area (Å²) in [5, 5.41) is 12.7. The van der Waals surface area contributed by atoms with Gasteiger partial charge in [0.1, 0.15) is 5.82 Å². The number of hydrogen-bond acceptors (Lipinski definition) is 5. The molecule has 1 unspecified atom stereocenters. The Bertz CT molecular complexity index is 368. The molecule has 0 aliphatic rings. The molecule has 0 saturated heterocycles. The normalized spacial score (nSPS) is 12.3. The van der Waals surface area contributed by atoms with Gasteiger partial charge in [0, 0.05) is 30.9 Å². The lowest BCUT2D eigenvalue weighted by molar-refractivity contribution is -0.137. The predicted molar refractivity (Wildman–Crippen MR) is 73.0 cm³/mol. The van der Waals surface area contributed by atoms with Crippen molar-refractivity contribution >= 4 is 22.6 Å². The maximum atomic E-state index is 10.4. The van der Waals surface area contributed by atoms with E-state index in [1.165, 1.54) is 11.5 Å². The van der Waals surface area contributed by atoms with Gasteiger partial charge >= 0.3 is 5.97 Å². The lowest BCUT2D eigenvalue weighted by Gasteiger charge is -2.09. The molecule has 6 heteroatoms. The summed E-state index contributed by atoms with van der Waals surface area (Å²) in [7, 11) is 0. The van der Waals surface area contributed by atoms with Crippen LogP contribution >= 0.6 is 11.5 Å². The first kappa shape index (κ1) is 14.9. The number of anilines is 1. The van der Waals surface area contributed by atoms with Crippen LogP contribution in [-0.2, 0) is 11.2 Å². The monoisotopic (exact) mass is 271 g/mol. The first-order valence-corrected chi connectivity index (χ1v) is 7.17. The molecular formula is C12H21N3O2S. The fourth-order valence-corrected chi connectivity index (χ4v) is 2.23. The molecule has 0 spiro atoms. The van der Waals surface area contributed by atoms with E-state index in [1.807, 2.05) is 0 Å². The summed E-state index contributed by atoms with van der Waals surface area (Å²) in [6.45, 7) is 5.01. The number of rotatable bonds is 9. The molecule has 1 rings (SSSR count). The number of carboxylic acid groups (broad SMARTS) is 1. The van der Waals surface area contributed by atoms with Crippen LogP contribution in [0.1, 0.15) is 45.4 Å². The van der Waals surface area contributed by atoms with Crippen LogP contribution in [0.4, 0.5) is 5.13 Å². The highest BCUT2D eigenvalue weighted by Crippen LogP contribution is 2.14. The number of aliphatic carboxylic acids is 1. The molecule has 0 aliphatic heterocycles. The topological polar surface area (TPSA) is 75.1 Å². The lowest BCUT2D eigenvalue weighted by Crippen LogP contribution is -2.08. The van der Waals surface area contributed by atoms with E-state index in [0.717, 1.165) is 43.2 Å². The fraction of sp³-hybridized carbons (Fsp3) is 0.750. The summed E-state index contributed by atoms with van der Waals surface area (Å²) in [4.78, 5) is 14.8. The molecule has 1 atom stereocenters. The Kier molecular flexibility index (Phi) is 6.64. The van der Waals surface area contributed by atoms with Crippen molar-refractivity contribution in [3.8, 4) is 0 Å². The summed E-state index contributed by atoms with van der Waals surface area (Å²) < 4.78 is 4.25. The fourth-order valence-electron chi connectivity index (χ4n) is 1.59. The lowest BCUT2D eigenvalue weighted by atomic mass is 10.0. The SMILES string of the molecule is CCCc1nsc(NCCC(C)CCC(=O)O)n1. The molecule has 0 fully saturated rings.